The number of rotatable bonds is 5. The van der Waals surface area contributed by atoms with Crippen LogP contribution >= 0.6 is 0 Å². The van der Waals surface area contributed by atoms with Gasteiger partial charge in [-0.05, 0) is 283 Å². The number of hydrogen-bond acceptors (Lipinski definition) is 4. The Hall–Kier alpha value is -13.2. The molecule has 0 atom stereocenters. The van der Waals surface area contributed by atoms with Gasteiger partial charge in [-0.3, -0.25) is 0 Å². The van der Waals surface area contributed by atoms with Gasteiger partial charge >= 0.3 is 0 Å². The molecule has 6 heteroatoms. The van der Waals surface area contributed by atoms with Crippen LogP contribution in [0, 0.1) is 0 Å². The minimum absolute atomic E-state index is 0.165. The van der Waals surface area contributed by atoms with Gasteiger partial charge in [0.05, 0.1) is 10.8 Å². The van der Waals surface area contributed by atoms with Crippen LogP contribution in [-0.2, 0) is 43.3 Å². The van der Waals surface area contributed by atoms with E-state index in [0.717, 1.165) is 73.4 Å². The Labute approximate surface area is 757 Å². The van der Waals surface area contributed by atoms with E-state index in [2.05, 4.69) is 461 Å². The monoisotopic (exact) mass is 1650 g/mol. The fraction of sp³-hybridized carbons (Fsp3) is 0.213. The van der Waals surface area contributed by atoms with Crippen molar-refractivity contribution in [3.63, 3.8) is 0 Å². The summed E-state index contributed by atoms with van der Waals surface area (Å²) in [5.41, 5.74) is 48.4. The van der Waals surface area contributed by atoms with Crippen molar-refractivity contribution >= 4 is 97.4 Å². The van der Waals surface area contributed by atoms with Gasteiger partial charge in [0.1, 0.15) is 11.5 Å². The number of ether oxygens (including phenoxy) is 1. The van der Waals surface area contributed by atoms with E-state index < -0.39 is 10.8 Å². The molecule has 0 unspecified atom stereocenters. The van der Waals surface area contributed by atoms with E-state index in [4.69, 9.17) is 4.74 Å². The topological polar surface area (TPSA) is 19.0 Å². The Morgan fingerprint density at radius 1 is 0.211 bits per heavy atom. The molecule has 24 rings (SSSR count). The highest BCUT2D eigenvalue weighted by Gasteiger charge is 2.57. The Bertz CT molecular complexity index is 7310. The molecule has 16 aromatic carbocycles. The first kappa shape index (κ1) is 78.3. The highest BCUT2D eigenvalue weighted by molar-refractivity contribution is 7.02. The molecule has 4 heterocycles. The van der Waals surface area contributed by atoms with Crippen LogP contribution in [0.5, 0.6) is 11.5 Å². The number of nitrogens with zero attached hydrogens (tertiary/aromatic N) is 3. The van der Waals surface area contributed by atoms with Gasteiger partial charge in [0, 0.05) is 57.3 Å². The minimum atomic E-state index is -0.636. The van der Waals surface area contributed by atoms with Crippen molar-refractivity contribution in [3.8, 4) is 78.3 Å². The molecular weight excluding hydrogens is 1540 g/mol. The zero-order valence-electron chi connectivity index (χ0n) is 77.0. The molecule has 4 aliphatic heterocycles. The van der Waals surface area contributed by atoms with Gasteiger partial charge in [-0.1, -0.05) is 367 Å². The summed E-state index contributed by atoms with van der Waals surface area (Å²) in [5, 5.41) is 0. The van der Waals surface area contributed by atoms with Gasteiger partial charge in [-0.25, -0.2) is 0 Å². The van der Waals surface area contributed by atoms with Gasteiger partial charge in [-0.2, -0.15) is 0 Å². The molecule has 0 saturated carbocycles. The number of hydrogen-bond donors (Lipinski definition) is 0. The normalized spacial score (nSPS) is 15.1. The third-order valence-corrected chi connectivity index (χ3v) is 30.1. The zero-order chi connectivity index (χ0) is 87.9. The number of benzene rings is 16. The van der Waals surface area contributed by atoms with E-state index >= 15 is 0 Å². The average molecular weight is 1650 g/mol. The summed E-state index contributed by atoms with van der Waals surface area (Å²) in [7, 11) is 0. The molecule has 0 aromatic heterocycles. The smallest absolute Gasteiger partial charge is 0.256 e. The van der Waals surface area contributed by atoms with Crippen LogP contribution in [0.3, 0.4) is 0 Å². The second kappa shape index (κ2) is 26.7. The summed E-state index contributed by atoms with van der Waals surface area (Å²) < 4.78 is 8.40. The standard InChI is InChI=1S/C122H107B2N3O/c1-115(2,3)74-61-75(116(4,5)6)65-80(64-74)125-103-55-33-31-53-99(103)123-101-70-102-109(71-105(101)127(82-68-78(119(13,14)15)63-79(69-82)120(16,17)18)107-58-72(57-106(125)113(107)123)83-43-35-45-91-89-41-23-29-51-97(89)121(111(83)91)93-47-25-19-37-85(93)86-38-20-26-48-94(86)121)128-110-60-73(59-108-114(110)124(102)100-54-32-34-56-104(100)126(108)81-66-76(117(7,8)9)62-77(67-81)118(10,11)12)84-44-36-46-92-90-42-24-30-52-98(90)122(112(84)92)95-49-27-21-39-87(95)88-40-22-28-50-96(88)122/h19-71H,1-18H3. The first-order valence-corrected chi connectivity index (χ1v) is 46.4. The van der Waals surface area contributed by atoms with E-state index in [1.54, 1.807) is 0 Å². The Kier molecular flexibility index (Phi) is 16.4. The SMILES string of the molecule is CC(C)(C)c1cc(N2c3ccccc3B3c4cc5c(cc4Oc4cc(-c6cccc7c6C6(c8ccccc8-c8ccccc86)c6ccccc6-7)cc2c43)N(c2cc(C(C)(C)C)cc(C(C)(C)C)c2)c2cc(-c3cccc4c3C3(c6ccccc6-c6ccccc63)c3ccccc3-4)cc3c2B5c2ccccc2N3c2cc(C(C)(C)C)cc(C(C)(C)C)c2)cc(C(C)(C)C)c1. The fourth-order valence-corrected chi connectivity index (χ4v) is 23.9. The molecule has 622 valence electrons. The van der Waals surface area contributed by atoms with Crippen LogP contribution in [0.2, 0.25) is 0 Å². The molecule has 8 aliphatic rings. The van der Waals surface area contributed by atoms with Crippen molar-refractivity contribution in [1.82, 2.24) is 0 Å². The van der Waals surface area contributed by atoms with Crippen molar-refractivity contribution in [1.29, 1.82) is 0 Å². The third-order valence-electron chi connectivity index (χ3n) is 30.1. The lowest BCUT2D eigenvalue weighted by molar-refractivity contribution is 0.488. The molecule has 2 spiro atoms. The summed E-state index contributed by atoms with van der Waals surface area (Å²) in [5.74, 6) is 1.71. The van der Waals surface area contributed by atoms with E-state index in [1.807, 2.05) is 0 Å². The van der Waals surface area contributed by atoms with E-state index in [-0.39, 0.29) is 45.9 Å². The fourth-order valence-electron chi connectivity index (χ4n) is 23.9. The number of fused-ring (bicyclic) bond motifs is 28. The van der Waals surface area contributed by atoms with Gasteiger partial charge < -0.3 is 19.4 Å². The predicted octanol–water partition coefficient (Wildman–Crippen LogP) is 28.0. The van der Waals surface area contributed by atoms with Crippen molar-refractivity contribution < 1.29 is 4.74 Å². The predicted molar refractivity (Wildman–Crippen MR) is 542 cm³/mol. The lowest BCUT2D eigenvalue weighted by Crippen LogP contribution is -2.64. The van der Waals surface area contributed by atoms with Crippen LogP contribution in [0.4, 0.5) is 51.2 Å². The summed E-state index contributed by atoms with van der Waals surface area (Å²) in [6.45, 7) is 42.3. The maximum atomic E-state index is 8.40. The van der Waals surface area contributed by atoms with Crippen molar-refractivity contribution in [2.45, 2.75) is 168 Å². The first-order chi connectivity index (χ1) is 61.3. The van der Waals surface area contributed by atoms with Crippen molar-refractivity contribution in [2.24, 2.45) is 0 Å². The van der Waals surface area contributed by atoms with Crippen LogP contribution in [0.15, 0.2) is 322 Å². The minimum Gasteiger partial charge on any atom is -0.458 e. The second-order valence-corrected chi connectivity index (χ2v) is 43.9. The van der Waals surface area contributed by atoms with E-state index in [9.17, 15) is 0 Å². The molecular formula is C122H107B2N3O. The Morgan fingerprint density at radius 2 is 0.484 bits per heavy atom. The van der Waals surface area contributed by atoms with Gasteiger partial charge in [0.15, 0.2) is 0 Å². The Balaban J connectivity index is 0.819. The van der Waals surface area contributed by atoms with Crippen molar-refractivity contribution in [3.05, 3.63) is 399 Å². The summed E-state index contributed by atoms with van der Waals surface area (Å²) in [6.07, 6.45) is 0. The van der Waals surface area contributed by atoms with Crippen LogP contribution in [-0.4, -0.2) is 13.4 Å². The highest BCUT2D eigenvalue weighted by Crippen LogP contribution is 2.68. The highest BCUT2D eigenvalue weighted by atomic mass is 16.5. The molecule has 0 amide bonds. The lowest BCUT2D eigenvalue weighted by atomic mass is 9.30. The maximum absolute atomic E-state index is 8.40. The first-order valence-electron chi connectivity index (χ1n) is 46.4. The maximum Gasteiger partial charge on any atom is 0.256 e. The molecule has 0 N–H and O–H groups in total. The Morgan fingerprint density at radius 3 is 0.828 bits per heavy atom. The summed E-state index contributed by atoms with van der Waals surface area (Å²) in [4.78, 5) is 8.05. The summed E-state index contributed by atoms with van der Waals surface area (Å²) in [6, 6.07) is 127. The lowest BCUT2D eigenvalue weighted by Gasteiger charge is -2.46. The molecule has 128 heavy (non-hydrogen) atoms. The van der Waals surface area contributed by atoms with Crippen molar-refractivity contribution in [2.75, 3.05) is 14.7 Å². The van der Waals surface area contributed by atoms with E-state index in [0.29, 0.717) is 0 Å². The summed E-state index contributed by atoms with van der Waals surface area (Å²) >= 11 is 0. The second-order valence-electron chi connectivity index (χ2n) is 43.9. The van der Waals surface area contributed by atoms with Crippen LogP contribution in [0.25, 0.3) is 66.8 Å². The van der Waals surface area contributed by atoms with Crippen LogP contribution in [0.1, 0.15) is 203 Å². The average Bonchev–Trinajstić information content (AvgIpc) is 1.38. The van der Waals surface area contributed by atoms with Gasteiger partial charge in [0.2, 0.25) is 0 Å². The largest absolute Gasteiger partial charge is 0.458 e. The molecule has 0 radical (unpaired) electrons. The molecule has 0 fully saturated rings. The molecule has 0 bridgehead atoms. The molecule has 4 aliphatic carbocycles. The quantitative estimate of drug-likeness (QED) is 0.160. The van der Waals surface area contributed by atoms with E-state index in [1.165, 1.54) is 167 Å². The van der Waals surface area contributed by atoms with Crippen LogP contribution < -0.4 is 52.2 Å². The third kappa shape index (κ3) is 11.0. The number of para-hydroxylation sites is 2. The zero-order valence-corrected chi connectivity index (χ0v) is 77.0. The molecule has 0 saturated heterocycles. The number of anilines is 9. The van der Waals surface area contributed by atoms with Gasteiger partial charge in [0.25, 0.3) is 13.4 Å². The molecule has 16 aromatic rings. The van der Waals surface area contributed by atoms with Gasteiger partial charge in [-0.15, -0.1) is 0 Å². The molecule has 4 nitrogen and oxygen atoms in total.